The molecule has 2 aromatic carbocycles. The predicted molar refractivity (Wildman–Crippen MR) is 166 cm³/mol. The SMILES string of the molecule is C=CCCOC(=O)[C@@H]1[C@H]2C(=O)N([C@H](CO)c3ccccc3)C(C(=O)N(CC=C)c3cc(C)ccc3C)C23CC[C@@]1(C)S3. The Morgan fingerprint density at radius 2 is 1.90 bits per heavy atom. The van der Waals surface area contributed by atoms with E-state index in [2.05, 4.69) is 13.2 Å². The fourth-order valence-electron chi connectivity index (χ4n) is 7.29. The summed E-state index contributed by atoms with van der Waals surface area (Å²) in [7, 11) is 0. The standard InChI is InChI=1S/C34H40N2O5S/c1-6-8-19-41-32(40)28-27-30(38)36(26(21-37)24-12-10-9-11-13-24)29(34(27)17-16-33(28,5)42-34)31(39)35(18-7-2)25-20-22(3)14-15-23(25)4/h6-7,9-15,20,26-29,37H,1-2,8,16-19,21H2,3-5H3/t26-,27+,28+,29?,33-,34?/m1/s1. The summed E-state index contributed by atoms with van der Waals surface area (Å²) in [6, 6.07) is 13.6. The zero-order chi connectivity index (χ0) is 30.2. The number of fused-ring (bicyclic) bond motifs is 1. The average Bonchev–Trinajstić information content (AvgIpc) is 3.55. The molecule has 1 N–H and O–H groups in total. The van der Waals surface area contributed by atoms with Gasteiger partial charge >= 0.3 is 5.97 Å². The number of carbonyl (C=O) groups excluding carboxylic acids is 3. The van der Waals surface area contributed by atoms with Gasteiger partial charge in [-0.1, -0.05) is 54.6 Å². The van der Waals surface area contributed by atoms with Crippen LogP contribution in [0.1, 0.15) is 48.9 Å². The van der Waals surface area contributed by atoms with Crippen LogP contribution in [0.4, 0.5) is 5.69 Å². The van der Waals surface area contributed by atoms with Gasteiger partial charge < -0.3 is 19.6 Å². The molecule has 42 heavy (non-hydrogen) atoms. The molecule has 0 saturated carbocycles. The monoisotopic (exact) mass is 588 g/mol. The highest BCUT2D eigenvalue weighted by molar-refractivity contribution is 8.02. The number of nitrogens with zero attached hydrogens (tertiary/aromatic N) is 2. The molecule has 0 aromatic heterocycles. The van der Waals surface area contributed by atoms with Gasteiger partial charge in [0, 0.05) is 17.0 Å². The number of benzene rings is 2. The molecule has 8 heteroatoms. The highest BCUT2D eigenvalue weighted by Gasteiger charge is 2.78. The van der Waals surface area contributed by atoms with Gasteiger partial charge in [0.1, 0.15) is 6.04 Å². The van der Waals surface area contributed by atoms with Gasteiger partial charge in [0.2, 0.25) is 5.91 Å². The number of esters is 1. The van der Waals surface area contributed by atoms with Crippen molar-refractivity contribution in [1.82, 2.24) is 4.90 Å². The Morgan fingerprint density at radius 3 is 2.57 bits per heavy atom. The topological polar surface area (TPSA) is 87.1 Å². The van der Waals surface area contributed by atoms with Crippen molar-refractivity contribution in [3.63, 3.8) is 0 Å². The number of carbonyl (C=O) groups is 3. The zero-order valence-electron chi connectivity index (χ0n) is 24.6. The Morgan fingerprint density at radius 1 is 1.17 bits per heavy atom. The summed E-state index contributed by atoms with van der Waals surface area (Å²) in [5, 5.41) is 10.8. The van der Waals surface area contributed by atoms with Gasteiger partial charge in [-0.25, -0.2) is 0 Å². The molecule has 3 aliphatic heterocycles. The van der Waals surface area contributed by atoms with Gasteiger partial charge in [0.05, 0.1) is 35.8 Å². The van der Waals surface area contributed by atoms with Crippen molar-refractivity contribution in [2.24, 2.45) is 11.8 Å². The molecule has 0 aliphatic carbocycles. The van der Waals surface area contributed by atoms with E-state index < -0.39 is 39.4 Å². The smallest absolute Gasteiger partial charge is 0.311 e. The minimum atomic E-state index is -0.898. The number of anilines is 1. The molecule has 1 spiro atoms. The highest BCUT2D eigenvalue weighted by Crippen LogP contribution is 2.72. The molecule has 3 saturated heterocycles. The van der Waals surface area contributed by atoms with Crippen LogP contribution in [0.25, 0.3) is 0 Å². The summed E-state index contributed by atoms with van der Waals surface area (Å²) < 4.78 is 4.29. The van der Waals surface area contributed by atoms with Crippen LogP contribution in [-0.4, -0.2) is 63.1 Å². The highest BCUT2D eigenvalue weighted by atomic mass is 32.2. The third kappa shape index (κ3) is 4.78. The maximum atomic E-state index is 15.0. The summed E-state index contributed by atoms with van der Waals surface area (Å²) in [6.45, 7) is 13.7. The maximum absolute atomic E-state index is 15.0. The van der Waals surface area contributed by atoms with E-state index in [0.29, 0.717) is 19.3 Å². The van der Waals surface area contributed by atoms with Crippen LogP contribution in [-0.2, 0) is 19.1 Å². The van der Waals surface area contributed by atoms with Crippen molar-refractivity contribution in [2.75, 3.05) is 24.7 Å². The van der Waals surface area contributed by atoms with Crippen molar-refractivity contribution < 1.29 is 24.2 Å². The second-order valence-corrected chi connectivity index (χ2v) is 13.8. The quantitative estimate of drug-likeness (QED) is 0.222. The van der Waals surface area contributed by atoms with Crippen molar-refractivity contribution in [1.29, 1.82) is 0 Å². The van der Waals surface area contributed by atoms with Crippen molar-refractivity contribution in [3.05, 3.63) is 90.5 Å². The van der Waals surface area contributed by atoms with Gasteiger partial charge in [0.25, 0.3) is 5.91 Å². The molecule has 6 atom stereocenters. The van der Waals surface area contributed by atoms with Crippen LogP contribution in [0, 0.1) is 25.7 Å². The van der Waals surface area contributed by atoms with Crippen LogP contribution in [0.2, 0.25) is 0 Å². The number of hydrogen-bond donors (Lipinski definition) is 1. The van der Waals surface area contributed by atoms with Gasteiger partial charge in [-0.2, -0.15) is 0 Å². The Balaban J connectivity index is 1.66. The molecule has 3 heterocycles. The normalized spacial score (nSPS) is 28.3. The summed E-state index contributed by atoms with van der Waals surface area (Å²) in [4.78, 5) is 46.6. The molecule has 2 amide bonds. The molecule has 5 rings (SSSR count). The van der Waals surface area contributed by atoms with Gasteiger partial charge in [-0.05, 0) is 62.8 Å². The molecular formula is C34H40N2O5S. The summed E-state index contributed by atoms with van der Waals surface area (Å²) in [5.74, 6) is -2.35. The Bertz CT molecular complexity index is 1400. The lowest BCUT2D eigenvalue weighted by Gasteiger charge is -2.40. The maximum Gasteiger partial charge on any atom is 0.311 e. The number of ether oxygens (including phenoxy) is 1. The molecular weight excluding hydrogens is 548 g/mol. The number of amides is 2. The van der Waals surface area contributed by atoms with E-state index in [1.54, 1.807) is 33.7 Å². The van der Waals surface area contributed by atoms with E-state index in [-0.39, 0.29) is 31.6 Å². The molecule has 2 bridgehead atoms. The van der Waals surface area contributed by atoms with E-state index in [0.717, 1.165) is 22.4 Å². The van der Waals surface area contributed by atoms with E-state index in [9.17, 15) is 19.5 Å². The number of aryl methyl sites for hydroxylation is 2. The van der Waals surface area contributed by atoms with E-state index in [1.807, 2.05) is 69.3 Å². The van der Waals surface area contributed by atoms with Crippen molar-refractivity contribution >= 4 is 35.2 Å². The second-order valence-electron chi connectivity index (χ2n) is 11.9. The fraction of sp³-hybridized carbons (Fsp3) is 0.441. The largest absolute Gasteiger partial charge is 0.465 e. The fourth-order valence-corrected chi connectivity index (χ4v) is 9.62. The lowest BCUT2D eigenvalue weighted by atomic mass is 9.66. The van der Waals surface area contributed by atoms with Crippen LogP contribution in [0.5, 0.6) is 0 Å². The molecule has 222 valence electrons. The average molecular weight is 589 g/mol. The van der Waals surface area contributed by atoms with Crippen LogP contribution >= 0.6 is 11.8 Å². The molecule has 3 fully saturated rings. The number of aliphatic hydroxyl groups excluding tert-OH is 1. The summed E-state index contributed by atoms with van der Waals surface area (Å²) in [6.07, 6.45) is 5.19. The van der Waals surface area contributed by atoms with E-state index in [4.69, 9.17) is 4.74 Å². The Hall–Kier alpha value is -3.36. The van der Waals surface area contributed by atoms with E-state index in [1.165, 1.54) is 0 Å². The number of rotatable bonds is 11. The Kier molecular flexibility index (Phi) is 8.41. The second kappa shape index (κ2) is 11.7. The molecule has 7 nitrogen and oxygen atoms in total. The third-order valence-electron chi connectivity index (χ3n) is 9.19. The first kappa shape index (κ1) is 30.1. The van der Waals surface area contributed by atoms with Crippen molar-refractivity contribution in [2.45, 2.75) is 61.6 Å². The number of hydrogen-bond acceptors (Lipinski definition) is 6. The molecule has 2 aromatic rings. The molecule has 3 aliphatic rings. The van der Waals surface area contributed by atoms with Gasteiger partial charge in [0.15, 0.2) is 0 Å². The predicted octanol–water partition coefficient (Wildman–Crippen LogP) is 5.16. The van der Waals surface area contributed by atoms with E-state index >= 15 is 0 Å². The minimum Gasteiger partial charge on any atom is -0.465 e. The van der Waals surface area contributed by atoms with Crippen LogP contribution in [0.15, 0.2) is 73.8 Å². The number of likely N-dealkylation sites (tertiary alicyclic amines) is 1. The lowest BCUT2D eigenvalue weighted by Crippen LogP contribution is -2.56. The first-order valence-electron chi connectivity index (χ1n) is 14.6. The van der Waals surface area contributed by atoms with Crippen molar-refractivity contribution in [3.8, 4) is 0 Å². The first-order valence-corrected chi connectivity index (χ1v) is 15.4. The number of thioether (sulfide) groups is 1. The zero-order valence-corrected chi connectivity index (χ0v) is 25.4. The van der Waals surface area contributed by atoms with Gasteiger partial charge in [-0.15, -0.1) is 24.9 Å². The molecule has 0 radical (unpaired) electrons. The van der Waals surface area contributed by atoms with Crippen LogP contribution < -0.4 is 4.90 Å². The Labute approximate surface area is 252 Å². The number of aliphatic hydroxyl groups is 1. The minimum absolute atomic E-state index is 0.197. The van der Waals surface area contributed by atoms with Gasteiger partial charge in [-0.3, -0.25) is 14.4 Å². The lowest BCUT2D eigenvalue weighted by molar-refractivity contribution is -0.156. The molecule has 2 unspecified atom stereocenters. The van der Waals surface area contributed by atoms with Crippen LogP contribution in [0.3, 0.4) is 0 Å². The summed E-state index contributed by atoms with van der Waals surface area (Å²) in [5.41, 5.74) is 3.44. The third-order valence-corrected chi connectivity index (χ3v) is 11.2. The first-order chi connectivity index (χ1) is 20.1. The summed E-state index contributed by atoms with van der Waals surface area (Å²) >= 11 is 1.59.